The molecular formula is C18H25FN2O3. The number of likely N-dealkylation sites (tertiary alicyclic amines) is 1. The maximum Gasteiger partial charge on any atom is 0.407 e. The Kier molecular flexibility index (Phi) is 5.80. The maximum absolute atomic E-state index is 13.2. The molecule has 0 saturated carbocycles. The molecule has 1 aliphatic heterocycles. The van der Waals surface area contributed by atoms with Gasteiger partial charge in [0.25, 0.3) is 0 Å². The van der Waals surface area contributed by atoms with Crippen LogP contribution < -0.4 is 5.32 Å². The van der Waals surface area contributed by atoms with Crippen LogP contribution in [0.3, 0.4) is 0 Å². The van der Waals surface area contributed by atoms with Crippen LogP contribution in [-0.2, 0) is 16.0 Å². The summed E-state index contributed by atoms with van der Waals surface area (Å²) >= 11 is 0. The molecule has 0 unspecified atom stereocenters. The standard InChI is InChI=1S/C18H25FN2O3/c1-18(2,3)24-17(23)20-11-14-7-8-21(12-14)16(22)10-13-5-4-6-15(19)9-13/h4-6,9,14H,7-8,10-12H2,1-3H3,(H,20,23)/t14-/m0/s1. The summed E-state index contributed by atoms with van der Waals surface area (Å²) in [5.41, 5.74) is 0.155. The molecule has 132 valence electrons. The Hall–Kier alpha value is -2.11. The highest BCUT2D eigenvalue weighted by molar-refractivity contribution is 5.79. The largest absolute Gasteiger partial charge is 0.444 e. The van der Waals surface area contributed by atoms with Crippen molar-refractivity contribution in [1.29, 1.82) is 0 Å². The molecule has 2 amide bonds. The average Bonchev–Trinajstić information content (AvgIpc) is 2.92. The average molecular weight is 336 g/mol. The molecule has 1 heterocycles. The molecular weight excluding hydrogens is 311 g/mol. The summed E-state index contributed by atoms with van der Waals surface area (Å²) in [5.74, 6) is -0.129. The normalized spacial score (nSPS) is 17.7. The van der Waals surface area contributed by atoms with Crippen molar-refractivity contribution in [2.75, 3.05) is 19.6 Å². The van der Waals surface area contributed by atoms with Crippen LogP contribution >= 0.6 is 0 Å². The predicted octanol–water partition coefficient (Wildman–Crippen LogP) is 2.74. The molecule has 2 rings (SSSR count). The second-order valence-corrected chi connectivity index (χ2v) is 7.18. The van der Waals surface area contributed by atoms with E-state index in [1.807, 2.05) is 20.8 Å². The molecule has 6 heteroatoms. The van der Waals surface area contributed by atoms with Crippen LogP contribution in [0.1, 0.15) is 32.8 Å². The summed E-state index contributed by atoms with van der Waals surface area (Å²) in [6, 6.07) is 6.10. The van der Waals surface area contributed by atoms with Gasteiger partial charge in [-0.1, -0.05) is 12.1 Å². The van der Waals surface area contributed by atoms with Gasteiger partial charge in [-0.3, -0.25) is 4.79 Å². The Morgan fingerprint density at radius 3 is 2.79 bits per heavy atom. The quantitative estimate of drug-likeness (QED) is 0.920. The zero-order valence-corrected chi connectivity index (χ0v) is 14.5. The van der Waals surface area contributed by atoms with Gasteiger partial charge in [-0.05, 0) is 50.8 Å². The third-order valence-electron chi connectivity index (χ3n) is 3.82. The van der Waals surface area contributed by atoms with E-state index in [2.05, 4.69) is 5.32 Å². The van der Waals surface area contributed by atoms with Crippen molar-refractivity contribution in [3.05, 3.63) is 35.6 Å². The summed E-state index contributed by atoms with van der Waals surface area (Å²) in [7, 11) is 0. The Balaban J connectivity index is 1.76. The van der Waals surface area contributed by atoms with Gasteiger partial charge in [-0.2, -0.15) is 0 Å². The number of nitrogens with zero attached hydrogens (tertiary/aromatic N) is 1. The van der Waals surface area contributed by atoms with Crippen LogP contribution in [-0.4, -0.2) is 42.1 Å². The number of rotatable bonds is 4. The lowest BCUT2D eigenvalue weighted by Crippen LogP contribution is -2.36. The van der Waals surface area contributed by atoms with Gasteiger partial charge in [-0.15, -0.1) is 0 Å². The first-order valence-corrected chi connectivity index (χ1v) is 8.22. The first kappa shape index (κ1) is 18.2. The highest BCUT2D eigenvalue weighted by atomic mass is 19.1. The van der Waals surface area contributed by atoms with Crippen LogP contribution in [0.25, 0.3) is 0 Å². The van der Waals surface area contributed by atoms with Crippen LogP contribution in [0.4, 0.5) is 9.18 Å². The van der Waals surface area contributed by atoms with Crippen molar-refractivity contribution < 1.29 is 18.7 Å². The van der Waals surface area contributed by atoms with E-state index in [0.29, 0.717) is 25.2 Å². The molecule has 1 aliphatic rings. The van der Waals surface area contributed by atoms with Crippen molar-refractivity contribution >= 4 is 12.0 Å². The molecule has 1 atom stereocenters. The van der Waals surface area contributed by atoms with Gasteiger partial charge in [0.05, 0.1) is 6.42 Å². The zero-order chi connectivity index (χ0) is 17.7. The van der Waals surface area contributed by atoms with Crippen molar-refractivity contribution in [2.24, 2.45) is 5.92 Å². The van der Waals surface area contributed by atoms with Gasteiger partial charge >= 0.3 is 6.09 Å². The topological polar surface area (TPSA) is 58.6 Å². The molecule has 1 saturated heterocycles. The Morgan fingerprint density at radius 1 is 1.38 bits per heavy atom. The first-order chi connectivity index (χ1) is 11.2. The number of ether oxygens (including phenoxy) is 1. The monoisotopic (exact) mass is 336 g/mol. The molecule has 24 heavy (non-hydrogen) atoms. The lowest BCUT2D eigenvalue weighted by molar-refractivity contribution is -0.129. The molecule has 0 aromatic heterocycles. The number of nitrogens with one attached hydrogen (secondary N) is 1. The predicted molar refractivity (Wildman–Crippen MR) is 89.0 cm³/mol. The minimum absolute atomic E-state index is 0.0135. The van der Waals surface area contributed by atoms with Gasteiger partial charge in [0, 0.05) is 19.6 Å². The van der Waals surface area contributed by atoms with E-state index >= 15 is 0 Å². The highest BCUT2D eigenvalue weighted by Crippen LogP contribution is 2.17. The van der Waals surface area contributed by atoms with E-state index in [4.69, 9.17) is 4.74 Å². The Bertz CT molecular complexity index is 598. The second-order valence-electron chi connectivity index (χ2n) is 7.18. The molecule has 0 radical (unpaired) electrons. The minimum atomic E-state index is -0.521. The number of benzene rings is 1. The van der Waals surface area contributed by atoms with Gasteiger partial charge in [-0.25, -0.2) is 9.18 Å². The van der Waals surface area contributed by atoms with Crippen molar-refractivity contribution in [3.8, 4) is 0 Å². The smallest absolute Gasteiger partial charge is 0.407 e. The molecule has 0 spiro atoms. The summed E-state index contributed by atoms with van der Waals surface area (Å²) in [5, 5.41) is 2.75. The zero-order valence-electron chi connectivity index (χ0n) is 14.5. The number of amides is 2. The first-order valence-electron chi connectivity index (χ1n) is 8.22. The van der Waals surface area contributed by atoms with Crippen molar-refractivity contribution in [3.63, 3.8) is 0 Å². The SMILES string of the molecule is CC(C)(C)OC(=O)NC[C@@H]1CCN(C(=O)Cc2cccc(F)c2)C1. The minimum Gasteiger partial charge on any atom is -0.444 e. The number of hydrogen-bond acceptors (Lipinski definition) is 3. The third kappa shape index (κ3) is 5.83. The van der Waals surface area contributed by atoms with Crippen LogP contribution in [0.5, 0.6) is 0 Å². The molecule has 0 aliphatic carbocycles. The van der Waals surface area contributed by atoms with Gasteiger partial charge in [0.2, 0.25) is 5.91 Å². The number of halogens is 1. The number of carbonyl (C=O) groups is 2. The molecule has 0 bridgehead atoms. The molecule has 1 aromatic carbocycles. The van der Waals surface area contributed by atoms with E-state index in [9.17, 15) is 14.0 Å². The molecule has 1 aromatic rings. The fraction of sp³-hybridized carbons (Fsp3) is 0.556. The van der Waals surface area contributed by atoms with E-state index in [1.54, 1.807) is 17.0 Å². The van der Waals surface area contributed by atoms with Crippen molar-refractivity contribution in [2.45, 2.75) is 39.2 Å². The fourth-order valence-electron chi connectivity index (χ4n) is 2.70. The number of alkyl carbamates (subject to hydrolysis) is 1. The number of hydrogen-bond donors (Lipinski definition) is 1. The maximum atomic E-state index is 13.2. The Morgan fingerprint density at radius 2 is 2.12 bits per heavy atom. The summed E-state index contributed by atoms with van der Waals surface area (Å²) < 4.78 is 18.4. The van der Waals surface area contributed by atoms with Crippen LogP contribution in [0, 0.1) is 11.7 Å². The van der Waals surface area contributed by atoms with Gasteiger partial charge in [0.15, 0.2) is 0 Å². The summed E-state index contributed by atoms with van der Waals surface area (Å²) in [4.78, 5) is 25.7. The van der Waals surface area contributed by atoms with Crippen LogP contribution in [0.2, 0.25) is 0 Å². The highest BCUT2D eigenvalue weighted by Gasteiger charge is 2.27. The lowest BCUT2D eigenvalue weighted by Gasteiger charge is -2.21. The van der Waals surface area contributed by atoms with E-state index < -0.39 is 11.7 Å². The Labute approximate surface area is 142 Å². The van der Waals surface area contributed by atoms with Crippen molar-refractivity contribution in [1.82, 2.24) is 10.2 Å². The lowest BCUT2D eigenvalue weighted by atomic mass is 10.1. The summed E-state index contributed by atoms with van der Waals surface area (Å²) in [6.45, 7) is 7.19. The van der Waals surface area contributed by atoms with E-state index in [0.717, 1.165) is 6.42 Å². The fourth-order valence-corrected chi connectivity index (χ4v) is 2.70. The third-order valence-corrected chi connectivity index (χ3v) is 3.82. The molecule has 1 fully saturated rings. The van der Waals surface area contributed by atoms with E-state index in [1.165, 1.54) is 12.1 Å². The van der Waals surface area contributed by atoms with Crippen LogP contribution in [0.15, 0.2) is 24.3 Å². The summed E-state index contributed by atoms with van der Waals surface area (Å²) in [6.07, 6.45) is 0.598. The molecule has 5 nitrogen and oxygen atoms in total. The van der Waals surface area contributed by atoms with Gasteiger partial charge in [0.1, 0.15) is 11.4 Å². The second kappa shape index (κ2) is 7.64. The van der Waals surface area contributed by atoms with E-state index in [-0.39, 0.29) is 24.1 Å². The van der Waals surface area contributed by atoms with Gasteiger partial charge < -0.3 is 15.0 Å². The molecule has 1 N–H and O–H groups in total. The number of carbonyl (C=O) groups excluding carboxylic acids is 2.